The van der Waals surface area contributed by atoms with Crippen LogP contribution in [0.3, 0.4) is 0 Å². The highest BCUT2D eigenvalue weighted by Gasteiger charge is 2.12. The summed E-state index contributed by atoms with van der Waals surface area (Å²) in [5.74, 6) is 1.36. The average Bonchev–Trinajstić information content (AvgIpc) is 2.31. The number of rotatable bonds is 4. The van der Waals surface area contributed by atoms with Gasteiger partial charge in [0.1, 0.15) is 11.0 Å². The van der Waals surface area contributed by atoms with Crippen LogP contribution < -0.4 is 0 Å². The normalized spacial score (nSPS) is 11.6. The first-order valence-electron chi connectivity index (χ1n) is 4.80. The molecule has 4 heteroatoms. The van der Waals surface area contributed by atoms with Crippen LogP contribution in [0.2, 0.25) is 5.02 Å². The van der Waals surface area contributed by atoms with Crippen molar-refractivity contribution in [2.45, 2.75) is 6.92 Å². The van der Waals surface area contributed by atoms with Gasteiger partial charge in [-0.2, -0.15) is 5.26 Å². The Hall–Kier alpha value is -1.11. The summed E-state index contributed by atoms with van der Waals surface area (Å²) in [6.07, 6.45) is 0. The number of benzene rings is 1. The van der Waals surface area contributed by atoms with E-state index >= 15 is 0 Å². The fraction of sp³-hybridized carbons (Fsp3) is 0.250. The number of thioether (sulfide) groups is 1. The third kappa shape index (κ3) is 2.94. The molecule has 0 saturated heterocycles. The average molecular weight is 254 g/mol. The zero-order chi connectivity index (χ0) is 12.0. The van der Waals surface area contributed by atoms with Gasteiger partial charge in [-0.1, -0.05) is 30.7 Å². The second-order valence-electron chi connectivity index (χ2n) is 2.89. The van der Waals surface area contributed by atoms with Crippen LogP contribution in [0.15, 0.2) is 29.2 Å². The minimum absolute atomic E-state index is 0.542. The Morgan fingerprint density at radius 2 is 2.19 bits per heavy atom. The Kier molecular flexibility index (Phi) is 5.24. The van der Waals surface area contributed by atoms with E-state index < -0.39 is 0 Å². The van der Waals surface area contributed by atoms with Gasteiger partial charge in [-0.3, -0.25) is 0 Å². The molecule has 0 bridgehead atoms. The number of nitriles is 1. The molecule has 0 aliphatic heterocycles. The molecule has 16 heavy (non-hydrogen) atoms. The van der Waals surface area contributed by atoms with Crippen molar-refractivity contribution < 1.29 is 4.74 Å². The molecule has 0 amide bonds. The van der Waals surface area contributed by atoms with Crippen LogP contribution in [-0.2, 0) is 4.74 Å². The molecule has 1 aromatic rings. The van der Waals surface area contributed by atoms with Gasteiger partial charge in [0.15, 0.2) is 5.76 Å². The van der Waals surface area contributed by atoms with Crippen LogP contribution in [0.25, 0.3) is 5.76 Å². The number of hydrogen-bond acceptors (Lipinski definition) is 3. The van der Waals surface area contributed by atoms with E-state index in [1.54, 1.807) is 13.2 Å². The number of halogens is 1. The molecule has 0 spiro atoms. The lowest BCUT2D eigenvalue weighted by Crippen LogP contribution is -1.92. The Morgan fingerprint density at radius 3 is 2.69 bits per heavy atom. The lowest BCUT2D eigenvalue weighted by Gasteiger charge is -2.10. The third-order valence-electron chi connectivity index (χ3n) is 1.92. The summed E-state index contributed by atoms with van der Waals surface area (Å²) in [5.41, 5.74) is 0.754. The molecule has 84 valence electrons. The van der Waals surface area contributed by atoms with Crippen molar-refractivity contribution in [1.82, 2.24) is 0 Å². The van der Waals surface area contributed by atoms with E-state index in [2.05, 4.69) is 6.07 Å². The molecule has 0 saturated carbocycles. The van der Waals surface area contributed by atoms with Crippen molar-refractivity contribution in [3.05, 3.63) is 39.8 Å². The first-order valence-corrected chi connectivity index (χ1v) is 6.17. The van der Waals surface area contributed by atoms with Gasteiger partial charge in [0, 0.05) is 5.56 Å². The maximum Gasteiger partial charge on any atom is 0.151 e. The van der Waals surface area contributed by atoms with Crippen LogP contribution in [0.4, 0.5) is 0 Å². The molecule has 0 unspecified atom stereocenters. The van der Waals surface area contributed by atoms with Crippen LogP contribution in [0, 0.1) is 11.3 Å². The zero-order valence-corrected chi connectivity index (χ0v) is 10.7. The molecule has 0 heterocycles. The van der Waals surface area contributed by atoms with E-state index in [1.807, 2.05) is 25.1 Å². The largest absolute Gasteiger partial charge is 0.494 e. The Morgan fingerprint density at radius 1 is 1.50 bits per heavy atom. The second kappa shape index (κ2) is 6.47. The van der Waals surface area contributed by atoms with Crippen molar-refractivity contribution >= 4 is 29.1 Å². The van der Waals surface area contributed by atoms with E-state index in [9.17, 15) is 0 Å². The van der Waals surface area contributed by atoms with Crippen LogP contribution >= 0.6 is 23.4 Å². The standard InChI is InChI=1S/C12H12ClNOS/c1-3-16-11(8-14)12(15-2)9-6-4-5-7-10(9)13/h4-7H,3H2,1-2H3/b12-11-. The summed E-state index contributed by atoms with van der Waals surface area (Å²) in [6, 6.07) is 9.47. The van der Waals surface area contributed by atoms with Crippen molar-refractivity contribution in [3.63, 3.8) is 0 Å². The molecule has 1 aromatic carbocycles. The third-order valence-corrected chi connectivity index (χ3v) is 3.10. The predicted octanol–water partition coefficient (Wildman–Crippen LogP) is 3.93. The van der Waals surface area contributed by atoms with Crippen molar-refractivity contribution in [3.8, 4) is 6.07 Å². The van der Waals surface area contributed by atoms with E-state index in [0.717, 1.165) is 11.3 Å². The van der Waals surface area contributed by atoms with Crippen molar-refractivity contribution in [2.75, 3.05) is 12.9 Å². The smallest absolute Gasteiger partial charge is 0.151 e. The summed E-state index contributed by atoms with van der Waals surface area (Å²) in [5, 5.41) is 9.65. The van der Waals surface area contributed by atoms with Crippen molar-refractivity contribution in [1.29, 1.82) is 5.26 Å². The van der Waals surface area contributed by atoms with E-state index in [-0.39, 0.29) is 0 Å². The molecular weight excluding hydrogens is 242 g/mol. The number of nitrogens with zero attached hydrogens (tertiary/aromatic N) is 1. The molecule has 0 aliphatic carbocycles. The van der Waals surface area contributed by atoms with Crippen LogP contribution in [0.5, 0.6) is 0 Å². The lowest BCUT2D eigenvalue weighted by atomic mass is 10.2. The topological polar surface area (TPSA) is 33.0 Å². The predicted molar refractivity (Wildman–Crippen MR) is 69.1 cm³/mol. The summed E-state index contributed by atoms with van der Waals surface area (Å²) < 4.78 is 5.27. The fourth-order valence-corrected chi connectivity index (χ4v) is 2.16. The first kappa shape index (κ1) is 13.0. The van der Waals surface area contributed by atoms with Crippen LogP contribution in [-0.4, -0.2) is 12.9 Å². The van der Waals surface area contributed by atoms with Gasteiger partial charge >= 0.3 is 0 Å². The molecular formula is C12H12ClNOS. The highest BCUT2D eigenvalue weighted by Crippen LogP contribution is 2.31. The maximum absolute atomic E-state index is 9.06. The van der Waals surface area contributed by atoms with Gasteiger partial charge in [0.05, 0.1) is 12.1 Å². The molecule has 0 N–H and O–H groups in total. The second-order valence-corrected chi connectivity index (χ2v) is 4.57. The molecule has 0 aromatic heterocycles. The van der Waals surface area contributed by atoms with Gasteiger partial charge in [0.2, 0.25) is 0 Å². The first-order chi connectivity index (χ1) is 7.74. The van der Waals surface area contributed by atoms with E-state index in [4.69, 9.17) is 21.6 Å². The monoisotopic (exact) mass is 253 g/mol. The van der Waals surface area contributed by atoms with Gasteiger partial charge < -0.3 is 4.74 Å². The van der Waals surface area contributed by atoms with Crippen LogP contribution in [0.1, 0.15) is 12.5 Å². The minimum atomic E-state index is 0.542. The summed E-state index contributed by atoms with van der Waals surface area (Å²) in [6.45, 7) is 1.99. The quantitative estimate of drug-likeness (QED) is 0.602. The summed E-state index contributed by atoms with van der Waals surface area (Å²) in [7, 11) is 1.55. The molecule has 0 radical (unpaired) electrons. The van der Waals surface area contributed by atoms with E-state index in [1.165, 1.54) is 11.8 Å². The van der Waals surface area contributed by atoms with Gasteiger partial charge in [-0.25, -0.2) is 0 Å². The highest BCUT2D eigenvalue weighted by molar-refractivity contribution is 8.03. The Labute approximate surface area is 105 Å². The maximum atomic E-state index is 9.06. The highest BCUT2D eigenvalue weighted by atomic mass is 35.5. The zero-order valence-electron chi connectivity index (χ0n) is 9.16. The molecule has 0 aliphatic rings. The van der Waals surface area contributed by atoms with Gasteiger partial charge in [0.25, 0.3) is 0 Å². The summed E-state index contributed by atoms with van der Waals surface area (Å²) in [4.78, 5) is 0.554. The number of allylic oxidation sites excluding steroid dienone is 1. The molecule has 2 nitrogen and oxygen atoms in total. The van der Waals surface area contributed by atoms with Crippen molar-refractivity contribution in [2.24, 2.45) is 0 Å². The Balaban J connectivity index is 3.26. The number of ether oxygens (including phenoxy) is 1. The van der Waals surface area contributed by atoms with Gasteiger partial charge in [-0.05, 0) is 17.9 Å². The SMILES string of the molecule is CCS/C(C#N)=C(\OC)c1ccccc1Cl. The van der Waals surface area contributed by atoms with Gasteiger partial charge in [-0.15, -0.1) is 11.8 Å². The molecule has 0 atom stereocenters. The minimum Gasteiger partial charge on any atom is -0.494 e. The summed E-state index contributed by atoms with van der Waals surface area (Å²) >= 11 is 7.51. The molecule has 0 fully saturated rings. The molecule has 1 rings (SSSR count). The number of hydrogen-bond donors (Lipinski definition) is 0. The Bertz CT molecular complexity index is 437. The van der Waals surface area contributed by atoms with E-state index in [0.29, 0.717) is 15.7 Å². The lowest BCUT2D eigenvalue weighted by molar-refractivity contribution is 0.369. The number of methoxy groups -OCH3 is 1. The fourth-order valence-electron chi connectivity index (χ4n) is 1.26.